The second-order valence-electron chi connectivity index (χ2n) is 5.75. The van der Waals surface area contributed by atoms with E-state index < -0.39 is 12.1 Å². The third kappa shape index (κ3) is 5.60. The van der Waals surface area contributed by atoms with E-state index in [0.717, 1.165) is 16.3 Å². The molecule has 26 heavy (non-hydrogen) atoms. The minimum Gasteiger partial charge on any atom is -0.460 e. The van der Waals surface area contributed by atoms with E-state index in [1.807, 2.05) is 37.3 Å². The van der Waals surface area contributed by atoms with E-state index in [2.05, 4.69) is 11.9 Å². The minimum absolute atomic E-state index is 0.145. The third-order valence-corrected chi connectivity index (χ3v) is 3.68. The topological polar surface area (TPSA) is 73.9 Å². The van der Waals surface area contributed by atoms with Crippen LogP contribution in [0.4, 0.5) is 4.79 Å². The number of carbonyl (C=O) groups excluding carboxylic acids is 2. The van der Waals surface area contributed by atoms with Gasteiger partial charge in [-0.15, -0.1) is 0 Å². The molecule has 0 spiro atoms. The quantitative estimate of drug-likeness (QED) is 0.445. The van der Waals surface area contributed by atoms with Crippen molar-refractivity contribution in [1.82, 2.24) is 5.32 Å². The van der Waals surface area contributed by atoms with Gasteiger partial charge in [-0.3, -0.25) is 0 Å². The van der Waals surface area contributed by atoms with Crippen molar-refractivity contribution in [2.75, 3.05) is 26.4 Å². The average molecular weight is 357 g/mol. The maximum atomic E-state index is 11.9. The van der Waals surface area contributed by atoms with Gasteiger partial charge in [0.15, 0.2) is 0 Å². The van der Waals surface area contributed by atoms with E-state index in [4.69, 9.17) is 14.2 Å². The third-order valence-electron chi connectivity index (χ3n) is 3.68. The van der Waals surface area contributed by atoms with Gasteiger partial charge in [-0.1, -0.05) is 36.9 Å². The Hall–Kier alpha value is -2.86. The molecule has 0 atom stereocenters. The zero-order valence-electron chi connectivity index (χ0n) is 15.0. The molecule has 0 radical (unpaired) electrons. The van der Waals surface area contributed by atoms with Gasteiger partial charge >= 0.3 is 12.1 Å². The van der Waals surface area contributed by atoms with E-state index in [9.17, 15) is 9.59 Å². The maximum absolute atomic E-state index is 11.9. The van der Waals surface area contributed by atoms with Crippen LogP contribution in [0.15, 0.2) is 48.6 Å². The number of aryl methyl sites for hydroxylation is 1. The molecule has 6 nitrogen and oxygen atoms in total. The lowest BCUT2D eigenvalue weighted by Crippen LogP contribution is -2.30. The highest BCUT2D eigenvalue weighted by molar-refractivity contribution is 5.88. The standard InChI is InChI=1S/C20H23NO5/c1-14(2)19(22)25-13-12-24-11-10-21-20(23)26-18-9-8-16-6-4-5-7-17(16)15(18)3/h4-9H,1,10-13H2,2-3H3,(H,21,23). The summed E-state index contributed by atoms with van der Waals surface area (Å²) in [5.41, 5.74) is 1.26. The van der Waals surface area contributed by atoms with Crippen molar-refractivity contribution >= 4 is 22.8 Å². The molecule has 2 rings (SSSR count). The first-order chi connectivity index (χ1) is 12.5. The Morgan fingerprint density at radius 3 is 2.62 bits per heavy atom. The minimum atomic E-state index is -0.541. The van der Waals surface area contributed by atoms with Crippen molar-refractivity contribution in [1.29, 1.82) is 0 Å². The van der Waals surface area contributed by atoms with Crippen LogP contribution in [0.1, 0.15) is 12.5 Å². The molecule has 0 saturated heterocycles. The zero-order chi connectivity index (χ0) is 18.9. The predicted octanol–water partition coefficient (Wildman–Crippen LogP) is 3.37. The first kappa shape index (κ1) is 19.5. The summed E-state index contributed by atoms with van der Waals surface area (Å²) in [6.45, 7) is 7.95. The summed E-state index contributed by atoms with van der Waals surface area (Å²) < 4.78 is 15.5. The van der Waals surface area contributed by atoms with Crippen LogP contribution in [-0.2, 0) is 14.3 Å². The lowest BCUT2D eigenvalue weighted by atomic mass is 10.1. The molecule has 0 unspecified atom stereocenters. The van der Waals surface area contributed by atoms with Crippen molar-refractivity contribution in [3.05, 3.63) is 54.1 Å². The molecule has 0 aliphatic heterocycles. The summed E-state index contributed by atoms with van der Waals surface area (Å²) in [6, 6.07) is 11.6. The predicted molar refractivity (Wildman–Crippen MR) is 99.3 cm³/mol. The second-order valence-corrected chi connectivity index (χ2v) is 5.75. The molecule has 1 N–H and O–H groups in total. The van der Waals surface area contributed by atoms with Crippen molar-refractivity contribution in [3.63, 3.8) is 0 Å². The van der Waals surface area contributed by atoms with Crippen LogP contribution in [0, 0.1) is 6.92 Å². The molecular formula is C20H23NO5. The molecular weight excluding hydrogens is 334 g/mol. The smallest absolute Gasteiger partial charge is 0.412 e. The number of carbonyl (C=O) groups is 2. The molecule has 2 aromatic carbocycles. The van der Waals surface area contributed by atoms with E-state index in [-0.39, 0.29) is 19.8 Å². The molecule has 0 aromatic heterocycles. The number of benzene rings is 2. The Bertz CT molecular complexity index is 800. The molecule has 138 valence electrons. The Morgan fingerprint density at radius 2 is 1.85 bits per heavy atom. The van der Waals surface area contributed by atoms with Gasteiger partial charge in [0.1, 0.15) is 12.4 Å². The maximum Gasteiger partial charge on any atom is 0.412 e. The molecule has 1 amide bonds. The van der Waals surface area contributed by atoms with Gasteiger partial charge in [-0.25, -0.2) is 9.59 Å². The molecule has 0 fully saturated rings. The van der Waals surface area contributed by atoms with Crippen molar-refractivity contribution in [2.24, 2.45) is 0 Å². The number of hydrogen-bond donors (Lipinski definition) is 1. The number of hydrogen-bond acceptors (Lipinski definition) is 5. The normalized spacial score (nSPS) is 10.4. The SMILES string of the molecule is C=C(C)C(=O)OCCOCCNC(=O)Oc1ccc2ccccc2c1C. The number of nitrogens with one attached hydrogen (secondary N) is 1. The zero-order valence-corrected chi connectivity index (χ0v) is 15.0. The fraction of sp³-hybridized carbons (Fsp3) is 0.300. The second kappa shape index (κ2) is 9.58. The van der Waals surface area contributed by atoms with Crippen LogP contribution in [0.3, 0.4) is 0 Å². The van der Waals surface area contributed by atoms with E-state index in [1.54, 1.807) is 13.0 Å². The summed E-state index contributed by atoms with van der Waals surface area (Å²) in [7, 11) is 0. The number of amides is 1. The van der Waals surface area contributed by atoms with Gasteiger partial charge in [0.05, 0.1) is 13.2 Å². The first-order valence-corrected chi connectivity index (χ1v) is 8.33. The Morgan fingerprint density at radius 1 is 1.08 bits per heavy atom. The van der Waals surface area contributed by atoms with Gasteiger partial charge < -0.3 is 19.5 Å². The number of rotatable bonds is 8. The Kier molecular flexibility index (Phi) is 7.17. The van der Waals surface area contributed by atoms with Crippen molar-refractivity contribution in [3.8, 4) is 5.75 Å². The monoisotopic (exact) mass is 357 g/mol. The summed E-state index contributed by atoms with van der Waals surface area (Å²) in [4.78, 5) is 23.0. The highest BCUT2D eigenvalue weighted by Crippen LogP contribution is 2.27. The Balaban J connectivity index is 1.69. The Labute approximate surface area is 152 Å². The lowest BCUT2D eigenvalue weighted by Gasteiger charge is -2.11. The fourth-order valence-corrected chi connectivity index (χ4v) is 2.30. The van der Waals surface area contributed by atoms with Crippen LogP contribution < -0.4 is 10.1 Å². The van der Waals surface area contributed by atoms with Crippen LogP contribution >= 0.6 is 0 Å². The van der Waals surface area contributed by atoms with Crippen LogP contribution in [0.2, 0.25) is 0 Å². The van der Waals surface area contributed by atoms with E-state index in [0.29, 0.717) is 17.9 Å². The number of fused-ring (bicyclic) bond motifs is 1. The molecule has 0 aliphatic carbocycles. The first-order valence-electron chi connectivity index (χ1n) is 8.33. The molecule has 6 heteroatoms. The van der Waals surface area contributed by atoms with Crippen LogP contribution in [0.25, 0.3) is 10.8 Å². The van der Waals surface area contributed by atoms with Crippen LogP contribution in [-0.4, -0.2) is 38.4 Å². The highest BCUT2D eigenvalue weighted by Gasteiger charge is 2.09. The van der Waals surface area contributed by atoms with E-state index >= 15 is 0 Å². The number of esters is 1. The highest BCUT2D eigenvalue weighted by atomic mass is 16.6. The fourth-order valence-electron chi connectivity index (χ4n) is 2.30. The van der Waals surface area contributed by atoms with Gasteiger partial charge in [-0.05, 0) is 36.2 Å². The molecule has 2 aromatic rings. The van der Waals surface area contributed by atoms with Gasteiger partial charge in [0.2, 0.25) is 0 Å². The summed E-state index contributed by atoms with van der Waals surface area (Å²) in [5.74, 6) is 0.0786. The van der Waals surface area contributed by atoms with Crippen molar-refractivity contribution in [2.45, 2.75) is 13.8 Å². The summed E-state index contributed by atoms with van der Waals surface area (Å²) in [6.07, 6.45) is -0.541. The molecule has 0 bridgehead atoms. The summed E-state index contributed by atoms with van der Waals surface area (Å²) >= 11 is 0. The molecule has 0 aliphatic rings. The molecule has 0 saturated carbocycles. The van der Waals surface area contributed by atoms with Gasteiger partial charge in [0, 0.05) is 12.1 Å². The number of ether oxygens (including phenoxy) is 3. The average Bonchev–Trinajstić information content (AvgIpc) is 2.63. The van der Waals surface area contributed by atoms with Crippen molar-refractivity contribution < 1.29 is 23.8 Å². The van der Waals surface area contributed by atoms with E-state index in [1.165, 1.54) is 0 Å². The largest absolute Gasteiger partial charge is 0.460 e. The summed E-state index contributed by atoms with van der Waals surface area (Å²) in [5, 5.41) is 4.76. The lowest BCUT2D eigenvalue weighted by molar-refractivity contribution is -0.140. The van der Waals surface area contributed by atoms with Gasteiger partial charge in [0.25, 0.3) is 0 Å². The van der Waals surface area contributed by atoms with Gasteiger partial charge in [-0.2, -0.15) is 0 Å². The molecule has 0 heterocycles. The van der Waals surface area contributed by atoms with Crippen LogP contribution in [0.5, 0.6) is 5.75 Å².